The Labute approximate surface area is 146 Å². The summed E-state index contributed by atoms with van der Waals surface area (Å²) in [6.07, 6.45) is 1.57. The molecule has 1 unspecified atom stereocenters. The van der Waals surface area contributed by atoms with Crippen LogP contribution < -0.4 is 9.47 Å². The molecule has 25 heavy (non-hydrogen) atoms. The molecule has 0 radical (unpaired) electrons. The van der Waals surface area contributed by atoms with Crippen LogP contribution in [0.4, 0.5) is 4.39 Å². The lowest BCUT2D eigenvalue weighted by Crippen LogP contribution is -2.31. The van der Waals surface area contributed by atoms with Gasteiger partial charge >= 0.3 is 0 Å². The summed E-state index contributed by atoms with van der Waals surface area (Å²) in [6, 6.07) is 11.0. The van der Waals surface area contributed by atoms with Gasteiger partial charge < -0.3 is 9.47 Å². The Morgan fingerprint density at radius 2 is 1.84 bits per heavy atom. The monoisotopic (exact) mass is 363 g/mol. The molecular weight excluding hydrogens is 345 g/mol. The Balaban J connectivity index is 1.59. The fraction of sp³-hybridized carbons (Fsp3) is 0.333. The number of fused-ring (bicyclic) bond motifs is 1. The topological polar surface area (TPSA) is 55.8 Å². The molecule has 1 saturated heterocycles. The standard InChI is InChI=1S/C18H18FNO4S/c19-15-6-3-13(4-7-15)11-25(21,22)20-9-1-2-16(20)14-5-8-17-18(10-14)24-12-23-17/h3-8,10,16H,1-2,9,11-12H2. The summed E-state index contributed by atoms with van der Waals surface area (Å²) in [5, 5.41) is 0. The molecule has 0 amide bonds. The van der Waals surface area contributed by atoms with Gasteiger partial charge in [0, 0.05) is 12.6 Å². The molecule has 2 aromatic rings. The maximum absolute atomic E-state index is 13.0. The predicted octanol–water partition coefficient (Wildman–Crippen LogP) is 3.22. The van der Waals surface area contributed by atoms with Gasteiger partial charge in [-0.05, 0) is 48.2 Å². The molecule has 2 aliphatic rings. The van der Waals surface area contributed by atoms with Crippen molar-refractivity contribution in [3.05, 3.63) is 59.4 Å². The van der Waals surface area contributed by atoms with Gasteiger partial charge in [0.25, 0.3) is 0 Å². The molecule has 0 aromatic heterocycles. The van der Waals surface area contributed by atoms with Gasteiger partial charge in [0.1, 0.15) is 5.82 Å². The van der Waals surface area contributed by atoms with Crippen LogP contribution in [-0.2, 0) is 15.8 Å². The van der Waals surface area contributed by atoms with Crippen LogP contribution in [-0.4, -0.2) is 26.1 Å². The first-order valence-corrected chi connectivity index (χ1v) is 9.77. The van der Waals surface area contributed by atoms with Crippen LogP contribution in [0.5, 0.6) is 11.5 Å². The Hall–Kier alpha value is -2.12. The molecule has 0 N–H and O–H groups in total. The highest BCUT2D eigenvalue weighted by molar-refractivity contribution is 7.88. The van der Waals surface area contributed by atoms with E-state index in [1.165, 1.54) is 24.3 Å². The SMILES string of the molecule is O=S(=O)(Cc1ccc(F)cc1)N1CCCC1c1ccc2c(c1)OCO2. The Kier molecular flexibility index (Phi) is 4.13. The number of halogens is 1. The molecule has 2 heterocycles. The molecule has 5 nitrogen and oxygen atoms in total. The number of hydrogen-bond acceptors (Lipinski definition) is 4. The average Bonchev–Trinajstić information content (AvgIpc) is 3.25. The second kappa shape index (κ2) is 6.31. The van der Waals surface area contributed by atoms with E-state index in [4.69, 9.17) is 9.47 Å². The van der Waals surface area contributed by atoms with Gasteiger partial charge in [-0.15, -0.1) is 0 Å². The fourth-order valence-electron chi connectivity index (χ4n) is 3.40. The van der Waals surface area contributed by atoms with Crippen molar-refractivity contribution in [2.24, 2.45) is 0 Å². The predicted molar refractivity (Wildman–Crippen MR) is 90.3 cm³/mol. The van der Waals surface area contributed by atoms with E-state index in [1.807, 2.05) is 18.2 Å². The van der Waals surface area contributed by atoms with Crippen LogP contribution in [0.1, 0.15) is 30.0 Å². The van der Waals surface area contributed by atoms with E-state index in [0.717, 1.165) is 18.4 Å². The molecule has 0 bridgehead atoms. The first kappa shape index (κ1) is 16.4. The summed E-state index contributed by atoms with van der Waals surface area (Å²) in [5.74, 6) is 0.831. The molecule has 4 rings (SSSR count). The van der Waals surface area contributed by atoms with Crippen molar-refractivity contribution in [1.82, 2.24) is 4.31 Å². The summed E-state index contributed by atoms with van der Waals surface area (Å²) in [4.78, 5) is 0. The molecule has 2 aromatic carbocycles. The van der Waals surface area contributed by atoms with Crippen molar-refractivity contribution >= 4 is 10.0 Å². The highest BCUT2D eigenvalue weighted by Gasteiger charge is 2.35. The minimum Gasteiger partial charge on any atom is -0.454 e. The average molecular weight is 363 g/mol. The zero-order valence-corrected chi connectivity index (χ0v) is 14.3. The Bertz CT molecular complexity index is 882. The maximum atomic E-state index is 13.0. The zero-order chi connectivity index (χ0) is 17.4. The molecule has 1 atom stereocenters. The van der Waals surface area contributed by atoms with E-state index < -0.39 is 10.0 Å². The quantitative estimate of drug-likeness (QED) is 0.837. The highest BCUT2D eigenvalue weighted by Crippen LogP contribution is 2.40. The van der Waals surface area contributed by atoms with Crippen LogP contribution in [0.15, 0.2) is 42.5 Å². The Morgan fingerprint density at radius 1 is 1.08 bits per heavy atom. The number of benzene rings is 2. The zero-order valence-electron chi connectivity index (χ0n) is 13.5. The highest BCUT2D eigenvalue weighted by atomic mass is 32.2. The van der Waals surface area contributed by atoms with E-state index in [1.54, 1.807) is 4.31 Å². The molecule has 1 fully saturated rings. The van der Waals surface area contributed by atoms with Gasteiger partial charge in [-0.25, -0.2) is 12.8 Å². The molecule has 0 aliphatic carbocycles. The van der Waals surface area contributed by atoms with Crippen molar-refractivity contribution in [2.75, 3.05) is 13.3 Å². The summed E-state index contributed by atoms with van der Waals surface area (Å²) in [7, 11) is -3.50. The van der Waals surface area contributed by atoms with Gasteiger partial charge in [0.2, 0.25) is 16.8 Å². The normalized spacial score (nSPS) is 20.1. The van der Waals surface area contributed by atoms with Gasteiger partial charge in [-0.1, -0.05) is 18.2 Å². The molecule has 0 saturated carbocycles. The van der Waals surface area contributed by atoms with Gasteiger partial charge in [0.05, 0.1) is 5.75 Å². The molecule has 0 spiro atoms. The lowest BCUT2D eigenvalue weighted by Gasteiger charge is -2.24. The Morgan fingerprint density at radius 3 is 2.64 bits per heavy atom. The summed E-state index contributed by atoms with van der Waals surface area (Å²) >= 11 is 0. The maximum Gasteiger partial charge on any atom is 0.231 e. The summed E-state index contributed by atoms with van der Waals surface area (Å²) in [5.41, 5.74) is 1.49. The van der Waals surface area contributed by atoms with Crippen LogP contribution in [0, 0.1) is 5.82 Å². The van der Waals surface area contributed by atoms with Gasteiger partial charge in [-0.2, -0.15) is 4.31 Å². The van der Waals surface area contributed by atoms with E-state index in [0.29, 0.717) is 23.6 Å². The number of sulfonamides is 1. The summed E-state index contributed by atoms with van der Waals surface area (Å²) < 4.78 is 51.1. The van der Waals surface area contributed by atoms with E-state index in [9.17, 15) is 12.8 Å². The number of ether oxygens (including phenoxy) is 2. The smallest absolute Gasteiger partial charge is 0.231 e. The third-order valence-electron chi connectivity index (χ3n) is 4.60. The first-order chi connectivity index (χ1) is 12.0. The summed E-state index contributed by atoms with van der Waals surface area (Å²) in [6.45, 7) is 0.679. The van der Waals surface area contributed by atoms with E-state index >= 15 is 0 Å². The lowest BCUT2D eigenvalue weighted by atomic mass is 10.0. The minimum absolute atomic E-state index is 0.131. The second-order valence-corrected chi connectivity index (χ2v) is 8.19. The van der Waals surface area contributed by atoms with E-state index in [-0.39, 0.29) is 24.4 Å². The largest absolute Gasteiger partial charge is 0.454 e. The van der Waals surface area contributed by atoms with Crippen LogP contribution in [0.25, 0.3) is 0 Å². The van der Waals surface area contributed by atoms with Crippen LogP contribution >= 0.6 is 0 Å². The van der Waals surface area contributed by atoms with Crippen molar-refractivity contribution in [2.45, 2.75) is 24.6 Å². The van der Waals surface area contributed by atoms with E-state index in [2.05, 4.69) is 0 Å². The van der Waals surface area contributed by atoms with Crippen LogP contribution in [0.3, 0.4) is 0 Å². The third kappa shape index (κ3) is 3.21. The number of nitrogens with zero attached hydrogens (tertiary/aromatic N) is 1. The fourth-order valence-corrected chi connectivity index (χ4v) is 5.20. The van der Waals surface area contributed by atoms with Crippen molar-refractivity contribution in [3.8, 4) is 11.5 Å². The van der Waals surface area contributed by atoms with Crippen molar-refractivity contribution < 1.29 is 22.3 Å². The second-order valence-electron chi connectivity index (χ2n) is 6.26. The minimum atomic E-state index is -3.50. The number of rotatable bonds is 4. The first-order valence-electron chi connectivity index (χ1n) is 8.16. The molecule has 2 aliphatic heterocycles. The molecule has 7 heteroatoms. The molecule has 132 valence electrons. The number of hydrogen-bond donors (Lipinski definition) is 0. The molecular formula is C18H18FNO4S. The van der Waals surface area contributed by atoms with Crippen molar-refractivity contribution in [3.63, 3.8) is 0 Å². The van der Waals surface area contributed by atoms with Gasteiger partial charge in [-0.3, -0.25) is 0 Å². The van der Waals surface area contributed by atoms with Crippen molar-refractivity contribution in [1.29, 1.82) is 0 Å². The van der Waals surface area contributed by atoms with Gasteiger partial charge in [0.15, 0.2) is 11.5 Å². The van der Waals surface area contributed by atoms with Crippen LogP contribution in [0.2, 0.25) is 0 Å². The lowest BCUT2D eigenvalue weighted by molar-refractivity contribution is 0.174. The third-order valence-corrected chi connectivity index (χ3v) is 6.45.